The van der Waals surface area contributed by atoms with Gasteiger partial charge in [0.25, 0.3) is 0 Å². The topological polar surface area (TPSA) is 95.9 Å². The molecule has 0 radical (unpaired) electrons. The lowest BCUT2D eigenvalue weighted by atomic mass is 10.0. The standard InChI is InChI=1S/C87H171NO5/c1-3-5-7-9-11-13-15-17-19-20-21-22-23-39-42-45-48-52-55-59-63-67-71-75-79-85(90)84(83-89)88-86(91)80-76-72-68-64-60-56-53-49-46-43-40-37-35-33-31-29-27-25-24-26-28-30-32-34-36-38-41-44-47-50-54-58-62-66-70-74-78-82-93-87(92)81-77-73-69-65-61-57-51-18-16-14-12-10-8-6-4-2/h24,26,84-85,89-90H,3-23,25,27-83H2,1-2H3,(H,88,91)/b26-24-. The monoisotopic (exact) mass is 1310 g/mol. The highest BCUT2D eigenvalue weighted by molar-refractivity contribution is 5.76. The maximum absolute atomic E-state index is 12.6. The van der Waals surface area contributed by atoms with Crippen LogP contribution in [-0.2, 0) is 14.3 Å². The van der Waals surface area contributed by atoms with Gasteiger partial charge in [0.15, 0.2) is 0 Å². The number of allylic oxidation sites excluding steroid dienone is 2. The van der Waals surface area contributed by atoms with Crippen molar-refractivity contribution in [3.63, 3.8) is 0 Å². The second kappa shape index (κ2) is 83.0. The minimum absolute atomic E-state index is 0.0243. The summed E-state index contributed by atoms with van der Waals surface area (Å²) >= 11 is 0. The highest BCUT2D eigenvalue weighted by Crippen LogP contribution is 2.21. The summed E-state index contributed by atoms with van der Waals surface area (Å²) in [5.41, 5.74) is 0. The Hall–Kier alpha value is -1.40. The molecule has 6 nitrogen and oxygen atoms in total. The van der Waals surface area contributed by atoms with Crippen molar-refractivity contribution in [3.05, 3.63) is 12.2 Å². The van der Waals surface area contributed by atoms with Gasteiger partial charge in [-0.2, -0.15) is 0 Å². The lowest BCUT2D eigenvalue weighted by Gasteiger charge is -2.22. The molecule has 0 saturated carbocycles. The number of unbranched alkanes of at least 4 members (excludes halogenated alkanes) is 70. The molecule has 554 valence electrons. The first-order valence-corrected chi connectivity index (χ1v) is 43.4. The minimum Gasteiger partial charge on any atom is -0.466 e. The normalized spacial score (nSPS) is 12.4. The van der Waals surface area contributed by atoms with E-state index in [9.17, 15) is 19.8 Å². The average Bonchev–Trinajstić information content (AvgIpc) is 3.78. The summed E-state index contributed by atoms with van der Waals surface area (Å²) in [6.07, 6.45) is 106. The third-order valence-electron chi connectivity index (χ3n) is 20.8. The number of aliphatic hydroxyl groups excluding tert-OH is 2. The Labute approximate surface area is 584 Å². The van der Waals surface area contributed by atoms with Gasteiger partial charge in [0, 0.05) is 12.8 Å². The van der Waals surface area contributed by atoms with Crippen LogP contribution in [0.5, 0.6) is 0 Å². The second-order valence-electron chi connectivity index (χ2n) is 30.2. The molecule has 0 aliphatic rings. The van der Waals surface area contributed by atoms with Gasteiger partial charge in [-0.25, -0.2) is 0 Å². The SMILES string of the molecule is CCCCCCCCCCCCCCCCCCCCCCCCCCC(O)C(CO)NC(=O)CCCCCCCCCCCCCCCCCCC/C=C\CCCCCCCCCCCCCCCCCCOC(=O)CCCCCCCCCCCCCCCCC. The molecule has 0 aromatic rings. The third kappa shape index (κ3) is 79.5. The van der Waals surface area contributed by atoms with Crippen LogP contribution in [0.3, 0.4) is 0 Å². The number of nitrogens with one attached hydrogen (secondary N) is 1. The van der Waals surface area contributed by atoms with Crippen LogP contribution in [-0.4, -0.2) is 47.4 Å². The zero-order chi connectivity index (χ0) is 67.0. The van der Waals surface area contributed by atoms with Gasteiger partial charge in [-0.3, -0.25) is 9.59 Å². The Morgan fingerprint density at radius 2 is 0.505 bits per heavy atom. The fourth-order valence-electron chi connectivity index (χ4n) is 14.2. The Balaban J connectivity index is 3.33. The molecular formula is C87H171NO5. The van der Waals surface area contributed by atoms with Crippen molar-refractivity contribution in [2.45, 2.75) is 520 Å². The van der Waals surface area contributed by atoms with E-state index in [4.69, 9.17) is 4.74 Å². The van der Waals surface area contributed by atoms with E-state index in [0.717, 1.165) is 38.5 Å². The van der Waals surface area contributed by atoms with E-state index in [-0.39, 0.29) is 18.5 Å². The molecule has 0 bridgehead atoms. The molecule has 0 rings (SSSR count). The largest absolute Gasteiger partial charge is 0.466 e. The summed E-state index contributed by atoms with van der Waals surface area (Å²) < 4.78 is 5.51. The van der Waals surface area contributed by atoms with Gasteiger partial charge in [0.05, 0.1) is 25.4 Å². The first-order valence-electron chi connectivity index (χ1n) is 43.4. The lowest BCUT2D eigenvalue weighted by molar-refractivity contribution is -0.143. The molecule has 1 amide bonds. The number of ether oxygens (including phenoxy) is 1. The number of carbonyl (C=O) groups excluding carboxylic acids is 2. The molecule has 0 heterocycles. The maximum atomic E-state index is 12.6. The molecule has 0 aromatic heterocycles. The van der Waals surface area contributed by atoms with Crippen molar-refractivity contribution in [2.24, 2.45) is 0 Å². The minimum atomic E-state index is -0.663. The molecule has 0 aliphatic heterocycles. The molecule has 0 fully saturated rings. The van der Waals surface area contributed by atoms with Crippen molar-refractivity contribution in [1.82, 2.24) is 5.32 Å². The van der Waals surface area contributed by atoms with Gasteiger partial charge in [0.1, 0.15) is 0 Å². The van der Waals surface area contributed by atoms with E-state index in [0.29, 0.717) is 25.9 Å². The summed E-state index contributed by atoms with van der Waals surface area (Å²) in [4.78, 5) is 24.7. The van der Waals surface area contributed by atoms with E-state index in [1.165, 1.54) is 437 Å². The first kappa shape index (κ1) is 91.6. The van der Waals surface area contributed by atoms with Crippen molar-refractivity contribution in [3.8, 4) is 0 Å². The lowest BCUT2D eigenvalue weighted by Crippen LogP contribution is -2.45. The van der Waals surface area contributed by atoms with Crippen LogP contribution in [0.15, 0.2) is 12.2 Å². The highest BCUT2D eigenvalue weighted by Gasteiger charge is 2.20. The highest BCUT2D eigenvalue weighted by atomic mass is 16.5. The van der Waals surface area contributed by atoms with E-state index in [2.05, 4.69) is 31.3 Å². The molecule has 0 aromatic carbocycles. The summed E-state index contributed by atoms with van der Waals surface area (Å²) in [6.45, 7) is 5.02. The Kier molecular flexibility index (Phi) is 81.8. The van der Waals surface area contributed by atoms with Crippen LogP contribution >= 0.6 is 0 Å². The predicted octanol–water partition coefficient (Wildman–Crippen LogP) is 29.0. The summed E-state index contributed by atoms with van der Waals surface area (Å²) in [6, 6.07) is -0.539. The number of hydrogen-bond donors (Lipinski definition) is 3. The van der Waals surface area contributed by atoms with Crippen LogP contribution in [0, 0.1) is 0 Å². The number of rotatable bonds is 83. The predicted molar refractivity (Wildman–Crippen MR) is 412 cm³/mol. The Bertz CT molecular complexity index is 1420. The Morgan fingerprint density at radius 3 is 0.763 bits per heavy atom. The fraction of sp³-hybridized carbons (Fsp3) is 0.954. The molecule has 0 aliphatic carbocycles. The van der Waals surface area contributed by atoms with Crippen LogP contribution in [0.4, 0.5) is 0 Å². The molecular weight excluding hydrogens is 1140 g/mol. The second-order valence-corrected chi connectivity index (χ2v) is 30.2. The molecule has 2 atom stereocenters. The molecule has 2 unspecified atom stereocenters. The maximum Gasteiger partial charge on any atom is 0.305 e. The Morgan fingerprint density at radius 1 is 0.290 bits per heavy atom. The fourth-order valence-corrected chi connectivity index (χ4v) is 14.2. The first-order chi connectivity index (χ1) is 46.0. The zero-order valence-electron chi connectivity index (χ0n) is 63.8. The third-order valence-corrected chi connectivity index (χ3v) is 20.8. The molecule has 93 heavy (non-hydrogen) atoms. The van der Waals surface area contributed by atoms with Crippen LogP contribution in [0.25, 0.3) is 0 Å². The van der Waals surface area contributed by atoms with Crippen LogP contribution < -0.4 is 5.32 Å². The van der Waals surface area contributed by atoms with E-state index < -0.39 is 12.1 Å². The average molecular weight is 1310 g/mol. The van der Waals surface area contributed by atoms with Crippen LogP contribution in [0.1, 0.15) is 508 Å². The smallest absolute Gasteiger partial charge is 0.305 e. The molecule has 6 heteroatoms. The summed E-state index contributed by atoms with van der Waals surface area (Å²) in [7, 11) is 0. The van der Waals surface area contributed by atoms with Crippen molar-refractivity contribution < 1.29 is 24.5 Å². The number of aliphatic hydroxyl groups is 2. The van der Waals surface area contributed by atoms with E-state index >= 15 is 0 Å². The summed E-state index contributed by atoms with van der Waals surface area (Å²) in [5.74, 6) is 0.00150. The summed E-state index contributed by atoms with van der Waals surface area (Å²) in [5, 5.41) is 23.5. The van der Waals surface area contributed by atoms with Crippen LogP contribution in [0.2, 0.25) is 0 Å². The van der Waals surface area contributed by atoms with Crippen molar-refractivity contribution in [2.75, 3.05) is 13.2 Å². The number of esters is 1. The molecule has 3 N–H and O–H groups in total. The van der Waals surface area contributed by atoms with Crippen molar-refractivity contribution >= 4 is 11.9 Å². The number of hydrogen-bond acceptors (Lipinski definition) is 5. The van der Waals surface area contributed by atoms with Gasteiger partial charge < -0.3 is 20.3 Å². The quantitative estimate of drug-likeness (QED) is 0.0320. The van der Waals surface area contributed by atoms with Gasteiger partial charge >= 0.3 is 5.97 Å². The molecule has 0 spiro atoms. The van der Waals surface area contributed by atoms with E-state index in [1.54, 1.807) is 0 Å². The van der Waals surface area contributed by atoms with Gasteiger partial charge in [0.2, 0.25) is 5.91 Å². The molecule has 0 saturated heterocycles. The van der Waals surface area contributed by atoms with Gasteiger partial charge in [-0.05, 0) is 51.4 Å². The number of amides is 1. The van der Waals surface area contributed by atoms with Gasteiger partial charge in [-0.1, -0.05) is 456 Å². The van der Waals surface area contributed by atoms with Gasteiger partial charge in [-0.15, -0.1) is 0 Å². The zero-order valence-corrected chi connectivity index (χ0v) is 63.8. The number of carbonyl (C=O) groups is 2. The van der Waals surface area contributed by atoms with E-state index in [1.807, 2.05) is 0 Å². The van der Waals surface area contributed by atoms with Crippen molar-refractivity contribution in [1.29, 1.82) is 0 Å².